The molecular formula is C12H8F3N3O2. The van der Waals surface area contributed by atoms with Crippen LogP contribution in [0, 0.1) is 27.7 Å². The van der Waals surface area contributed by atoms with E-state index in [0.29, 0.717) is 6.07 Å². The summed E-state index contributed by atoms with van der Waals surface area (Å²) in [4.78, 5) is 13.3. The van der Waals surface area contributed by atoms with Crippen LogP contribution in [0.15, 0.2) is 30.3 Å². The molecule has 1 N–H and O–H groups in total. The van der Waals surface area contributed by atoms with Gasteiger partial charge in [0.2, 0.25) is 0 Å². The minimum atomic E-state index is -1.45. The highest BCUT2D eigenvalue weighted by Crippen LogP contribution is 2.20. The Morgan fingerprint density at radius 3 is 2.60 bits per heavy atom. The number of hydrogen-bond donors (Lipinski definition) is 1. The van der Waals surface area contributed by atoms with Gasteiger partial charge in [0, 0.05) is 24.2 Å². The van der Waals surface area contributed by atoms with Crippen molar-refractivity contribution in [1.29, 1.82) is 0 Å². The number of nitro benzene ring substituents is 1. The highest BCUT2D eigenvalue weighted by atomic mass is 19.2. The molecule has 1 heterocycles. The molecule has 0 aliphatic carbocycles. The Hall–Kier alpha value is -2.64. The Kier molecular flexibility index (Phi) is 3.83. The summed E-state index contributed by atoms with van der Waals surface area (Å²) in [5, 5.41) is 13.2. The number of benzene rings is 1. The molecule has 0 aliphatic rings. The molecule has 0 amide bonds. The third kappa shape index (κ3) is 2.85. The topological polar surface area (TPSA) is 68.1 Å². The summed E-state index contributed by atoms with van der Waals surface area (Å²) < 4.78 is 38.9. The van der Waals surface area contributed by atoms with E-state index in [0.717, 1.165) is 0 Å². The molecular weight excluding hydrogens is 275 g/mol. The molecule has 1 aromatic heterocycles. The number of nitrogens with zero attached hydrogens (tertiary/aromatic N) is 2. The monoisotopic (exact) mass is 283 g/mol. The van der Waals surface area contributed by atoms with Gasteiger partial charge < -0.3 is 5.32 Å². The molecule has 0 saturated carbocycles. The molecule has 0 fully saturated rings. The van der Waals surface area contributed by atoms with Crippen LogP contribution in [0.25, 0.3) is 0 Å². The van der Waals surface area contributed by atoms with Crippen molar-refractivity contribution in [2.75, 3.05) is 5.32 Å². The van der Waals surface area contributed by atoms with E-state index in [4.69, 9.17) is 0 Å². The van der Waals surface area contributed by atoms with Crippen molar-refractivity contribution in [3.8, 4) is 0 Å². The first-order valence-corrected chi connectivity index (χ1v) is 5.46. The summed E-state index contributed by atoms with van der Waals surface area (Å²) in [7, 11) is 0. The third-order valence-corrected chi connectivity index (χ3v) is 2.52. The standard InChI is InChI=1S/C12H8F3N3O2/c13-8-5-9(14)12(17-11(8)15)16-6-7-3-1-2-4-10(7)18(19)20/h1-5H,6H2,(H,16,17). The van der Waals surface area contributed by atoms with Crippen LogP contribution in [0.3, 0.4) is 0 Å². The van der Waals surface area contributed by atoms with Crippen LogP contribution in [-0.2, 0) is 6.54 Å². The number of pyridine rings is 1. The van der Waals surface area contributed by atoms with E-state index in [1.54, 1.807) is 6.07 Å². The summed E-state index contributed by atoms with van der Waals surface area (Å²) >= 11 is 0. The van der Waals surface area contributed by atoms with Crippen molar-refractivity contribution in [1.82, 2.24) is 4.98 Å². The molecule has 8 heteroatoms. The molecule has 1 aromatic carbocycles. The second kappa shape index (κ2) is 5.55. The second-order valence-electron chi connectivity index (χ2n) is 3.83. The number of rotatable bonds is 4. The molecule has 0 bridgehead atoms. The molecule has 0 atom stereocenters. The zero-order valence-electron chi connectivity index (χ0n) is 9.94. The van der Waals surface area contributed by atoms with Crippen molar-refractivity contribution >= 4 is 11.5 Å². The SMILES string of the molecule is O=[N+]([O-])c1ccccc1CNc1nc(F)c(F)cc1F. The fourth-order valence-corrected chi connectivity index (χ4v) is 1.59. The number of para-hydroxylation sites is 1. The quantitative estimate of drug-likeness (QED) is 0.532. The summed E-state index contributed by atoms with van der Waals surface area (Å²) in [6, 6.07) is 6.15. The van der Waals surface area contributed by atoms with E-state index >= 15 is 0 Å². The van der Waals surface area contributed by atoms with Crippen LogP contribution in [0.4, 0.5) is 24.7 Å². The first kappa shape index (κ1) is 13.8. The average Bonchev–Trinajstić information content (AvgIpc) is 2.41. The van der Waals surface area contributed by atoms with Gasteiger partial charge in [0.15, 0.2) is 17.5 Å². The fourth-order valence-electron chi connectivity index (χ4n) is 1.59. The number of nitrogens with one attached hydrogen (secondary N) is 1. The van der Waals surface area contributed by atoms with Crippen LogP contribution in [0.5, 0.6) is 0 Å². The third-order valence-electron chi connectivity index (χ3n) is 2.52. The van der Waals surface area contributed by atoms with E-state index in [-0.39, 0.29) is 17.8 Å². The summed E-state index contributed by atoms with van der Waals surface area (Å²) in [6.45, 7) is -0.147. The minimum Gasteiger partial charge on any atom is -0.363 e. The molecule has 104 valence electrons. The first-order chi connectivity index (χ1) is 9.49. The van der Waals surface area contributed by atoms with Gasteiger partial charge in [0.25, 0.3) is 11.6 Å². The van der Waals surface area contributed by atoms with E-state index in [1.807, 2.05) is 0 Å². The predicted octanol–water partition coefficient (Wildman–Crippen LogP) is 3.02. The van der Waals surface area contributed by atoms with Gasteiger partial charge in [-0.2, -0.15) is 9.37 Å². The Morgan fingerprint density at radius 2 is 1.90 bits per heavy atom. The fraction of sp³-hybridized carbons (Fsp3) is 0.0833. The lowest BCUT2D eigenvalue weighted by molar-refractivity contribution is -0.385. The van der Waals surface area contributed by atoms with E-state index in [1.165, 1.54) is 18.2 Å². The molecule has 5 nitrogen and oxygen atoms in total. The van der Waals surface area contributed by atoms with Gasteiger partial charge in [0.05, 0.1) is 4.92 Å². The Bertz CT molecular complexity index is 664. The van der Waals surface area contributed by atoms with Gasteiger partial charge in [-0.05, 0) is 0 Å². The highest BCUT2D eigenvalue weighted by molar-refractivity contribution is 5.44. The van der Waals surface area contributed by atoms with Gasteiger partial charge in [-0.3, -0.25) is 10.1 Å². The van der Waals surface area contributed by atoms with Crippen LogP contribution < -0.4 is 5.32 Å². The van der Waals surface area contributed by atoms with Crippen LogP contribution >= 0.6 is 0 Å². The predicted molar refractivity (Wildman–Crippen MR) is 64.5 cm³/mol. The lowest BCUT2D eigenvalue weighted by atomic mass is 10.2. The molecule has 0 saturated heterocycles. The largest absolute Gasteiger partial charge is 0.363 e. The summed E-state index contributed by atoms with van der Waals surface area (Å²) in [6.07, 6.45) is 0. The van der Waals surface area contributed by atoms with Crippen molar-refractivity contribution in [2.24, 2.45) is 0 Å². The van der Waals surface area contributed by atoms with Crippen molar-refractivity contribution < 1.29 is 18.1 Å². The molecule has 0 aliphatic heterocycles. The summed E-state index contributed by atoms with van der Waals surface area (Å²) in [5.74, 6) is -4.44. The maximum atomic E-state index is 13.3. The van der Waals surface area contributed by atoms with Gasteiger partial charge in [0.1, 0.15) is 0 Å². The van der Waals surface area contributed by atoms with Crippen molar-refractivity contribution in [2.45, 2.75) is 6.54 Å². The number of anilines is 1. The first-order valence-electron chi connectivity index (χ1n) is 5.46. The Balaban J connectivity index is 2.21. The number of nitro groups is 1. The van der Waals surface area contributed by atoms with Gasteiger partial charge in [-0.25, -0.2) is 8.78 Å². The van der Waals surface area contributed by atoms with Crippen LogP contribution in [0.1, 0.15) is 5.56 Å². The minimum absolute atomic E-state index is 0.147. The van der Waals surface area contributed by atoms with Crippen LogP contribution in [0.2, 0.25) is 0 Å². The van der Waals surface area contributed by atoms with Crippen LogP contribution in [-0.4, -0.2) is 9.91 Å². The highest BCUT2D eigenvalue weighted by Gasteiger charge is 2.15. The van der Waals surface area contributed by atoms with Gasteiger partial charge in [-0.15, -0.1) is 0 Å². The van der Waals surface area contributed by atoms with Gasteiger partial charge >= 0.3 is 0 Å². The molecule has 20 heavy (non-hydrogen) atoms. The maximum Gasteiger partial charge on any atom is 0.274 e. The smallest absolute Gasteiger partial charge is 0.274 e. The average molecular weight is 283 g/mol. The van der Waals surface area contributed by atoms with Crippen molar-refractivity contribution in [3.05, 3.63) is 63.6 Å². The zero-order chi connectivity index (χ0) is 14.7. The zero-order valence-corrected chi connectivity index (χ0v) is 9.94. The molecule has 2 aromatic rings. The maximum absolute atomic E-state index is 13.3. The Labute approximate surface area is 111 Å². The second-order valence-corrected chi connectivity index (χ2v) is 3.83. The number of halogens is 3. The van der Waals surface area contributed by atoms with E-state index < -0.39 is 28.3 Å². The van der Waals surface area contributed by atoms with Crippen molar-refractivity contribution in [3.63, 3.8) is 0 Å². The van der Waals surface area contributed by atoms with E-state index in [2.05, 4.69) is 10.3 Å². The normalized spacial score (nSPS) is 10.3. The lowest BCUT2D eigenvalue weighted by Crippen LogP contribution is -2.07. The number of aromatic nitrogens is 1. The summed E-state index contributed by atoms with van der Waals surface area (Å²) in [5.41, 5.74) is 0.103. The van der Waals surface area contributed by atoms with E-state index in [9.17, 15) is 23.3 Å². The lowest BCUT2D eigenvalue weighted by Gasteiger charge is -2.07. The molecule has 2 rings (SSSR count). The molecule has 0 unspecified atom stereocenters. The van der Waals surface area contributed by atoms with Gasteiger partial charge in [-0.1, -0.05) is 18.2 Å². The molecule has 0 spiro atoms. The number of hydrogen-bond acceptors (Lipinski definition) is 4. The molecule has 0 radical (unpaired) electrons. The Morgan fingerprint density at radius 1 is 1.20 bits per heavy atom.